The molecule has 2 aromatic heterocycles. The topological polar surface area (TPSA) is 130 Å². The van der Waals surface area contributed by atoms with Crippen LogP contribution in [0.3, 0.4) is 0 Å². The number of hydrogen-bond donors (Lipinski definition) is 3. The molecular formula is C15H19N5O4. The van der Waals surface area contributed by atoms with Crippen LogP contribution in [0.1, 0.15) is 46.2 Å². The first-order valence-corrected chi connectivity index (χ1v) is 7.31. The van der Waals surface area contributed by atoms with Gasteiger partial charge in [-0.15, -0.1) is 0 Å². The van der Waals surface area contributed by atoms with Crippen molar-refractivity contribution in [2.45, 2.75) is 33.2 Å². The number of carbonyl (C=O) groups is 2. The minimum absolute atomic E-state index is 0.0359. The molecular weight excluding hydrogens is 314 g/mol. The second-order valence-corrected chi connectivity index (χ2v) is 5.60. The van der Waals surface area contributed by atoms with E-state index < -0.39 is 17.9 Å². The first-order chi connectivity index (χ1) is 11.2. The van der Waals surface area contributed by atoms with Crippen LogP contribution in [0.4, 0.5) is 0 Å². The maximum absolute atomic E-state index is 12.4. The summed E-state index contributed by atoms with van der Waals surface area (Å²) < 4.78 is 1.42. The van der Waals surface area contributed by atoms with Crippen molar-refractivity contribution in [1.82, 2.24) is 25.1 Å². The molecule has 1 amide bonds. The molecule has 0 saturated carbocycles. The van der Waals surface area contributed by atoms with Crippen molar-refractivity contribution in [2.24, 2.45) is 7.05 Å². The number of hydrogen-bond acceptors (Lipinski definition) is 5. The van der Waals surface area contributed by atoms with E-state index in [1.54, 1.807) is 27.0 Å². The highest BCUT2D eigenvalue weighted by Crippen LogP contribution is 2.10. The summed E-state index contributed by atoms with van der Waals surface area (Å²) in [5, 5.41) is 17.8. The number of carbonyl (C=O) groups excluding carboxylic acids is 1. The average Bonchev–Trinajstić information content (AvgIpc) is 2.96. The summed E-state index contributed by atoms with van der Waals surface area (Å²) in [6.07, 6.45) is -0.286. The van der Waals surface area contributed by atoms with Gasteiger partial charge in [0.2, 0.25) is 0 Å². The molecule has 1 atom stereocenters. The quantitative estimate of drug-likeness (QED) is 0.718. The smallest absolute Gasteiger partial charge is 0.311 e. The second kappa shape index (κ2) is 6.65. The highest BCUT2D eigenvalue weighted by atomic mass is 16.4. The summed E-state index contributed by atoms with van der Waals surface area (Å²) in [7, 11) is 1.61. The van der Waals surface area contributed by atoms with Crippen LogP contribution < -0.4 is 10.9 Å². The monoisotopic (exact) mass is 333 g/mol. The lowest BCUT2D eigenvalue weighted by Gasteiger charge is -2.13. The number of rotatable bonds is 5. The number of aromatic nitrogens is 4. The lowest BCUT2D eigenvalue weighted by molar-refractivity contribution is -0.136. The van der Waals surface area contributed by atoms with E-state index in [0.717, 1.165) is 11.3 Å². The van der Waals surface area contributed by atoms with Gasteiger partial charge in [-0.2, -0.15) is 5.10 Å². The van der Waals surface area contributed by atoms with Crippen molar-refractivity contribution in [3.05, 3.63) is 44.9 Å². The molecule has 0 radical (unpaired) electrons. The Morgan fingerprint density at radius 2 is 2.08 bits per heavy atom. The molecule has 2 rings (SSSR count). The lowest BCUT2D eigenvalue weighted by Crippen LogP contribution is -2.35. The third-order valence-electron chi connectivity index (χ3n) is 3.82. The van der Waals surface area contributed by atoms with E-state index in [9.17, 15) is 14.4 Å². The molecule has 1 unspecified atom stereocenters. The maximum atomic E-state index is 12.4. The van der Waals surface area contributed by atoms with E-state index in [1.165, 1.54) is 4.57 Å². The van der Waals surface area contributed by atoms with Crippen molar-refractivity contribution in [3.8, 4) is 0 Å². The fraction of sp³-hybridized carbons (Fsp3) is 0.400. The van der Waals surface area contributed by atoms with Crippen molar-refractivity contribution in [1.29, 1.82) is 0 Å². The minimum Gasteiger partial charge on any atom is -0.481 e. The van der Waals surface area contributed by atoms with Crippen molar-refractivity contribution in [2.75, 3.05) is 0 Å². The van der Waals surface area contributed by atoms with Crippen LogP contribution in [-0.4, -0.2) is 36.7 Å². The highest BCUT2D eigenvalue weighted by Gasteiger charge is 2.19. The summed E-state index contributed by atoms with van der Waals surface area (Å²) in [5.74, 6) is -1.12. The molecule has 0 aliphatic carbocycles. The number of aryl methyl sites for hydroxylation is 1. The Balaban J connectivity index is 2.19. The molecule has 128 valence electrons. The van der Waals surface area contributed by atoms with Gasteiger partial charge in [-0.05, 0) is 32.4 Å². The molecule has 0 aliphatic rings. The largest absolute Gasteiger partial charge is 0.481 e. The Hall–Kier alpha value is -2.97. The number of H-pyrrole nitrogens is 1. The fourth-order valence-corrected chi connectivity index (χ4v) is 2.21. The highest BCUT2D eigenvalue weighted by molar-refractivity contribution is 5.94. The minimum atomic E-state index is -1.03. The molecule has 0 bridgehead atoms. The summed E-state index contributed by atoms with van der Waals surface area (Å²) in [6, 6.07) is 0.968. The third-order valence-corrected chi connectivity index (χ3v) is 3.82. The van der Waals surface area contributed by atoms with Crippen LogP contribution in [0.2, 0.25) is 0 Å². The lowest BCUT2D eigenvalue weighted by atomic mass is 10.1. The van der Waals surface area contributed by atoms with Crippen molar-refractivity contribution in [3.63, 3.8) is 0 Å². The summed E-state index contributed by atoms with van der Waals surface area (Å²) in [5.41, 5.74) is 1.27. The number of nitrogens with one attached hydrogen (secondary N) is 2. The molecule has 0 aliphatic heterocycles. The Morgan fingerprint density at radius 3 is 2.71 bits per heavy atom. The van der Waals surface area contributed by atoms with Crippen LogP contribution in [0.15, 0.2) is 10.9 Å². The van der Waals surface area contributed by atoms with Crippen molar-refractivity contribution >= 4 is 11.9 Å². The van der Waals surface area contributed by atoms with Gasteiger partial charge >= 0.3 is 5.97 Å². The molecule has 0 aromatic carbocycles. The third kappa shape index (κ3) is 3.50. The van der Waals surface area contributed by atoms with E-state index in [4.69, 9.17) is 5.11 Å². The Bertz CT molecular complexity index is 852. The van der Waals surface area contributed by atoms with Gasteiger partial charge in [-0.25, -0.2) is 4.98 Å². The number of carboxylic acid groups (broad SMARTS) is 1. The van der Waals surface area contributed by atoms with E-state index in [1.807, 2.05) is 6.92 Å². The number of aromatic amines is 1. The number of carboxylic acids is 1. The summed E-state index contributed by atoms with van der Waals surface area (Å²) >= 11 is 0. The standard InChI is InChI=1S/C15H19N5O4/c1-7-5-10(15(24)20(4)9(7)3)14(23)16-8(2)13-17-11(18-19-13)6-12(21)22/h5,8H,6H2,1-4H3,(H,16,23)(H,21,22)(H,17,18,19). The molecule has 0 saturated heterocycles. The van der Waals surface area contributed by atoms with Gasteiger partial charge in [-0.1, -0.05) is 0 Å². The van der Waals surface area contributed by atoms with Crippen LogP contribution in [0.5, 0.6) is 0 Å². The number of amides is 1. The Kier molecular flexibility index (Phi) is 4.82. The van der Waals surface area contributed by atoms with Gasteiger partial charge in [0, 0.05) is 12.7 Å². The second-order valence-electron chi connectivity index (χ2n) is 5.60. The van der Waals surface area contributed by atoms with Gasteiger partial charge in [-0.3, -0.25) is 19.5 Å². The zero-order chi connectivity index (χ0) is 18.0. The molecule has 3 N–H and O–H groups in total. The van der Waals surface area contributed by atoms with E-state index >= 15 is 0 Å². The first kappa shape index (κ1) is 17.4. The predicted molar refractivity (Wildman–Crippen MR) is 84.8 cm³/mol. The molecule has 9 heteroatoms. The molecule has 2 heterocycles. The van der Waals surface area contributed by atoms with Crippen LogP contribution in [-0.2, 0) is 18.3 Å². The zero-order valence-electron chi connectivity index (χ0n) is 13.9. The van der Waals surface area contributed by atoms with Gasteiger partial charge in [0.15, 0.2) is 5.82 Å². The fourth-order valence-electron chi connectivity index (χ4n) is 2.21. The number of nitrogens with zero attached hydrogens (tertiary/aromatic N) is 3. The van der Waals surface area contributed by atoms with Crippen LogP contribution in [0, 0.1) is 13.8 Å². The molecule has 24 heavy (non-hydrogen) atoms. The van der Waals surface area contributed by atoms with Crippen LogP contribution >= 0.6 is 0 Å². The number of aliphatic carboxylic acids is 1. The molecule has 0 spiro atoms. The maximum Gasteiger partial charge on any atom is 0.311 e. The summed E-state index contributed by atoms with van der Waals surface area (Å²) in [6.45, 7) is 5.28. The molecule has 0 fully saturated rings. The van der Waals surface area contributed by atoms with Gasteiger partial charge in [0.25, 0.3) is 11.5 Å². The first-order valence-electron chi connectivity index (χ1n) is 7.31. The molecule has 9 nitrogen and oxygen atoms in total. The van der Waals surface area contributed by atoms with E-state index in [-0.39, 0.29) is 29.2 Å². The predicted octanol–water partition coefficient (Wildman–Crippen LogP) is 0.238. The van der Waals surface area contributed by atoms with E-state index in [2.05, 4.69) is 20.5 Å². The van der Waals surface area contributed by atoms with Gasteiger partial charge < -0.3 is 15.0 Å². The van der Waals surface area contributed by atoms with Gasteiger partial charge in [0.1, 0.15) is 17.8 Å². The van der Waals surface area contributed by atoms with E-state index in [0.29, 0.717) is 0 Å². The average molecular weight is 333 g/mol. The number of pyridine rings is 1. The van der Waals surface area contributed by atoms with Crippen molar-refractivity contribution < 1.29 is 14.7 Å². The normalized spacial score (nSPS) is 12.0. The van der Waals surface area contributed by atoms with Gasteiger partial charge in [0.05, 0.1) is 6.04 Å². The zero-order valence-corrected chi connectivity index (χ0v) is 13.9. The molecule has 2 aromatic rings. The summed E-state index contributed by atoms with van der Waals surface area (Å²) in [4.78, 5) is 39.3. The SMILES string of the molecule is Cc1cc(C(=O)NC(C)c2n[nH]c(CC(=O)O)n2)c(=O)n(C)c1C. The Labute approximate surface area is 137 Å². The Morgan fingerprint density at radius 1 is 1.42 bits per heavy atom. The van der Waals surface area contributed by atoms with Crippen LogP contribution in [0.25, 0.3) is 0 Å².